The first-order valence-electron chi connectivity index (χ1n) is 8.46. The minimum absolute atomic E-state index is 0.0740. The van der Waals surface area contributed by atoms with Gasteiger partial charge >= 0.3 is 0 Å². The summed E-state index contributed by atoms with van der Waals surface area (Å²) < 4.78 is 5.39. The second-order valence-electron chi connectivity index (χ2n) is 6.27. The van der Waals surface area contributed by atoms with Gasteiger partial charge in [-0.05, 0) is 39.3 Å². The number of aromatic amines is 1. The summed E-state index contributed by atoms with van der Waals surface area (Å²) in [6, 6.07) is 7.93. The molecule has 2 aromatic heterocycles. The number of benzene rings is 1. The summed E-state index contributed by atoms with van der Waals surface area (Å²) in [4.78, 5) is 21.1. The number of methoxy groups -OCH3 is 1. The van der Waals surface area contributed by atoms with Crippen molar-refractivity contribution in [2.24, 2.45) is 0 Å². The molecule has 0 fully saturated rings. The van der Waals surface area contributed by atoms with Gasteiger partial charge in [-0.1, -0.05) is 18.2 Å². The Hall–Kier alpha value is -2.60. The third-order valence-electron chi connectivity index (χ3n) is 4.45. The summed E-state index contributed by atoms with van der Waals surface area (Å²) in [6.07, 6.45) is 0. The Morgan fingerprint density at radius 1 is 1.27 bits per heavy atom. The number of hydrogen-bond acceptors (Lipinski definition) is 5. The molecule has 0 aliphatic carbocycles. The zero-order valence-corrected chi connectivity index (χ0v) is 16.5. The lowest BCUT2D eigenvalue weighted by Crippen LogP contribution is -2.01. The molecule has 0 aliphatic rings. The number of nitrogens with one attached hydrogen (secondary N) is 2. The van der Waals surface area contributed by atoms with E-state index in [1.165, 1.54) is 0 Å². The van der Waals surface area contributed by atoms with Crippen LogP contribution in [0.3, 0.4) is 0 Å². The molecule has 0 atom stereocenters. The van der Waals surface area contributed by atoms with Crippen LogP contribution in [0, 0.1) is 20.8 Å². The van der Waals surface area contributed by atoms with Crippen LogP contribution in [0.4, 0.5) is 5.13 Å². The summed E-state index contributed by atoms with van der Waals surface area (Å²) >= 11 is 1.61. The van der Waals surface area contributed by atoms with Crippen molar-refractivity contribution in [2.75, 3.05) is 12.4 Å². The number of rotatable bonds is 6. The molecule has 0 spiro atoms. The maximum absolute atomic E-state index is 11.9. The van der Waals surface area contributed by atoms with Gasteiger partial charge in [-0.15, -0.1) is 11.3 Å². The molecule has 0 radical (unpaired) electrons. The maximum Gasteiger partial charge on any atom is 0.183 e. The van der Waals surface area contributed by atoms with Crippen molar-refractivity contribution in [3.63, 3.8) is 0 Å². The van der Waals surface area contributed by atoms with E-state index in [9.17, 15) is 4.79 Å². The summed E-state index contributed by atoms with van der Waals surface area (Å²) in [6.45, 7) is 8.18. The smallest absolute Gasteiger partial charge is 0.183 e. The van der Waals surface area contributed by atoms with Crippen LogP contribution in [0.25, 0.3) is 11.4 Å². The second-order valence-corrected chi connectivity index (χ2v) is 7.47. The number of Topliss-reactive ketones (excluding diaryl/α,β-unsaturated/α-hetero) is 1. The molecule has 5 nitrogen and oxygen atoms in total. The van der Waals surface area contributed by atoms with Crippen molar-refractivity contribution in [2.45, 2.75) is 34.2 Å². The van der Waals surface area contributed by atoms with Crippen molar-refractivity contribution >= 4 is 22.3 Å². The fraction of sp³-hybridized carbons (Fsp3) is 0.300. The Kier molecular flexibility index (Phi) is 5.13. The molecular weight excluding hydrogens is 346 g/mol. The third-order valence-corrected chi connectivity index (χ3v) is 5.37. The number of anilines is 1. The predicted octanol–water partition coefficient (Wildman–Crippen LogP) is 4.89. The highest BCUT2D eigenvalue weighted by Crippen LogP contribution is 2.34. The van der Waals surface area contributed by atoms with Gasteiger partial charge in [-0.2, -0.15) is 0 Å². The number of H-pyrrole nitrogens is 1. The van der Waals surface area contributed by atoms with Crippen LogP contribution in [0.2, 0.25) is 0 Å². The number of ketones is 1. The van der Waals surface area contributed by atoms with Gasteiger partial charge in [0, 0.05) is 28.2 Å². The first-order valence-corrected chi connectivity index (χ1v) is 9.27. The Balaban J connectivity index is 1.86. The average Bonchev–Trinajstić information content (AvgIpc) is 3.12. The minimum atomic E-state index is 0.0740. The van der Waals surface area contributed by atoms with Crippen molar-refractivity contribution in [3.05, 3.63) is 51.5 Å². The summed E-state index contributed by atoms with van der Waals surface area (Å²) in [5.41, 5.74) is 5.50. The molecule has 0 bridgehead atoms. The number of carbonyl (C=O) groups is 1. The number of aromatic nitrogens is 2. The number of hydrogen-bond donors (Lipinski definition) is 2. The molecule has 0 saturated carbocycles. The number of nitrogens with zero attached hydrogens (tertiary/aromatic N) is 1. The zero-order valence-electron chi connectivity index (χ0n) is 15.7. The van der Waals surface area contributed by atoms with Gasteiger partial charge in [0.1, 0.15) is 11.4 Å². The number of para-hydroxylation sites is 1. The van der Waals surface area contributed by atoms with E-state index in [0.717, 1.165) is 49.5 Å². The highest BCUT2D eigenvalue weighted by molar-refractivity contribution is 7.16. The molecule has 26 heavy (non-hydrogen) atoms. The predicted molar refractivity (Wildman–Crippen MR) is 106 cm³/mol. The molecule has 2 N–H and O–H groups in total. The third kappa shape index (κ3) is 3.37. The van der Waals surface area contributed by atoms with Gasteiger partial charge in [0.25, 0.3) is 0 Å². The fourth-order valence-electron chi connectivity index (χ4n) is 3.24. The quantitative estimate of drug-likeness (QED) is 0.607. The number of carbonyl (C=O) groups excluding carboxylic acids is 1. The molecule has 0 unspecified atom stereocenters. The Morgan fingerprint density at radius 2 is 2.00 bits per heavy atom. The topological polar surface area (TPSA) is 67.0 Å². The van der Waals surface area contributed by atoms with Gasteiger partial charge in [-0.3, -0.25) is 4.79 Å². The van der Waals surface area contributed by atoms with E-state index in [4.69, 9.17) is 9.72 Å². The SMILES string of the molecule is COc1ccccc1CNc1nc(-c2[nH]c(C)c(C(C)=O)c2C)c(C)s1. The van der Waals surface area contributed by atoms with E-state index >= 15 is 0 Å². The Bertz CT molecular complexity index is 956. The van der Waals surface area contributed by atoms with Crippen LogP contribution in [0.5, 0.6) is 5.75 Å². The van der Waals surface area contributed by atoms with E-state index in [1.807, 2.05) is 45.0 Å². The molecule has 0 aliphatic heterocycles. The molecule has 0 amide bonds. The molecule has 136 valence electrons. The van der Waals surface area contributed by atoms with Crippen LogP contribution in [0.15, 0.2) is 24.3 Å². The highest BCUT2D eigenvalue weighted by Gasteiger charge is 2.20. The number of thiazole rings is 1. The first kappa shape index (κ1) is 18.2. The molecule has 2 heterocycles. The van der Waals surface area contributed by atoms with Crippen LogP contribution in [-0.2, 0) is 6.54 Å². The molecule has 1 aromatic carbocycles. The van der Waals surface area contributed by atoms with Crippen LogP contribution >= 0.6 is 11.3 Å². The van der Waals surface area contributed by atoms with E-state index in [2.05, 4.69) is 10.3 Å². The standard InChI is InChI=1S/C20H23N3O2S/c1-11-17(13(3)24)12(2)22-18(11)19-14(4)26-20(23-19)21-10-15-8-6-7-9-16(15)25-5/h6-9,22H,10H2,1-5H3,(H,21,23). The van der Waals surface area contributed by atoms with Gasteiger partial charge in [0.2, 0.25) is 0 Å². The normalized spacial score (nSPS) is 10.8. The van der Waals surface area contributed by atoms with Gasteiger partial charge in [0.05, 0.1) is 12.8 Å². The average molecular weight is 369 g/mol. The first-order chi connectivity index (χ1) is 12.4. The largest absolute Gasteiger partial charge is 0.496 e. The lowest BCUT2D eigenvalue weighted by molar-refractivity contribution is 0.101. The monoisotopic (exact) mass is 369 g/mol. The lowest BCUT2D eigenvalue weighted by atomic mass is 10.1. The van der Waals surface area contributed by atoms with E-state index in [1.54, 1.807) is 25.4 Å². The number of ether oxygens (including phenoxy) is 1. The molecular formula is C20H23N3O2S. The van der Waals surface area contributed by atoms with Crippen molar-refractivity contribution in [1.29, 1.82) is 0 Å². The summed E-state index contributed by atoms with van der Waals surface area (Å²) in [5, 5.41) is 4.22. The van der Waals surface area contributed by atoms with E-state index in [0.29, 0.717) is 6.54 Å². The van der Waals surface area contributed by atoms with Crippen molar-refractivity contribution < 1.29 is 9.53 Å². The van der Waals surface area contributed by atoms with E-state index < -0.39 is 0 Å². The second kappa shape index (κ2) is 7.33. The van der Waals surface area contributed by atoms with Gasteiger partial charge < -0.3 is 15.0 Å². The Labute approximate surface area is 157 Å². The lowest BCUT2D eigenvalue weighted by Gasteiger charge is -2.08. The zero-order chi connectivity index (χ0) is 18.8. The summed E-state index contributed by atoms with van der Waals surface area (Å²) in [7, 11) is 1.67. The van der Waals surface area contributed by atoms with E-state index in [-0.39, 0.29) is 5.78 Å². The number of aryl methyl sites for hydroxylation is 2. The van der Waals surface area contributed by atoms with Crippen LogP contribution in [-0.4, -0.2) is 22.9 Å². The van der Waals surface area contributed by atoms with Gasteiger partial charge in [0.15, 0.2) is 10.9 Å². The molecule has 6 heteroatoms. The minimum Gasteiger partial charge on any atom is -0.496 e. The van der Waals surface area contributed by atoms with Crippen molar-refractivity contribution in [3.8, 4) is 17.1 Å². The van der Waals surface area contributed by atoms with Gasteiger partial charge in [-0.25, -0.2) is 4.98 Å². The van der Waals surface area contributed by atoms with Crippen molar-refractivity contribution in [1.82, 2.24) is 9.97 Å². The van der Waals surface area contributed by atoms with Crippen LogP contribution in [0.1, 0.15) is 39.0 Å². The summed E-state index contributed by atoms with van der Waals surface area (Å²) in [5.74, 6) is 0.931. The maximum atomic E-state index is 11.9. The van der Waals surface area contributed by atoms with Crippen LogP contribution < -0.4 is 10.1 Å². The molecule has 0 saturated heterocycles. The highest BCUT2D eigenvalue weighted by atomic mass is 32.1. The molecule has 3 rings (SSSR count). The Morgan fingerprint density at radius 3 is 2.65 bits per heavy atom. The molecule has 3 aromatic rings. The fourth-order valence-corrected chi connectivity index (χ4v) is 4.05.